The number of esters is 1. The van der Waals surface area contributed by atoms with Crippen LogP contribution in [0.25, 0.3) is 11.0 Å². The molecule has 44 heavy (non-hydrogen) atoms. The first-order valence-electron chi connectivity index (χ1n) is 13.6. The van der Waals surface area contributed by atoms with Crippen LogP contribution < -0.4 is 15.2 Å². The van der Waals surface area contributed by atoms with E-state index >= 15 is 0 Å². The van der Waals surface area contributed by atoms with E-state index in [-0.39, 0.29) is 50.5 Å². The summed E-state index contributed by atoms with van der Waals surface area (Å²) in [6, 6.07) is 17.0. The topological polar surface area (TPSA) is 110 Å². The Hall–Kier alpha value is -4.87. The fourth-order valence-electron chi connectivity index (χ4n) is 5.93. The molecular weight excluding hydrogens is 609 g/mol. The third kappa shape index (κ3) is 3.85. The number of amides is 2. The quantitative estimate of drug-likeness (QED) is 0.220. The first-order valence-corrected chi connectivity index (χ1v) is 14.8. The monoisotopic (exact) mass is 629 g/mol. The maximum absolute atomic E-state index is 15.0. The Morgan fingerprint density at radius 2 is 1.84 bits per heavy atom. The summed E-state index contributed by atoms with van der Waals surface area (Å²) < 4.78 is 25.0. The van der Waals surface area contributed by atoms with Crippen LogP contribution in [-0.4, -0.2) is 29.4 Å². The number of halogens is 2. The standard InChI is InChI=1S/C32H21ClFN3O6S/c1-3-42-29(40)27-16(2)35-31(44-27)37-28(39)26-24(25(38)20-14-18(33)10-13-23(20)43-26)32(37)21-6-4-5-7-22(21)36(30(32)41)15-17-8-11-19(34)12-9-17/h4-14H,3,15H2,1-2H3. The first-order chi connectivity index (χ1) is 21.2. The second-order valence-corrected chi connectivity index (χ2v) is 11.7. The SMILES string of the molecule is CCOC(=O)c1sc(N2C(=O)c3oc4ccc(Cl)cc4c(=O)c3C23C(=O)N(Cc2ccc(F)cc2)c2ccccc23)nc1C. The zero-order valence-corrected chi connectivity index (χ0v) is 24.8. The number of nitrogens with zero attached hydrogens (tertiary/aromatic N) is 3. The molecule has 0 N–H and O–H groups in total. The van der Waals surface area contributed by atoms with E-state index in [1.165, 1.54) is 35.2 Å². The van der Waals surface area contributed by atoms with Gasteiger partial charge in [-0.05, 0) is 55.8 Å². The molecule has 2 aliphatic heterocycles. The highest BCUT2D eigenvalue weighted by Gasteiger charge is 2.66. The fourth-order valence-corrected chi connectivity index (χ4v) is 7.11. The molecule has 0 fully saturated rings. The van der Waals surface area contributed by atoms with Gasteiger partial charge in [-0.1, -0.05) is 53.3 Å². The smallest absolute Gasteiger partial charge is 0.350 e. The lowest BCUT2D eigenvalue weighted by atomic mass is 9.84. The molecule has 2 aromatic heterocycles. The maximum Gasteiger partial charge on any atom is 0.350 e. The van der Waals surface area contributed by atoms with Gasteiger partial charge in [0, 0.05) is 10.6 Å². The number of rotatable bonds is 5. The number of hydrogen-bond acceptors (Lipinski definition) is 8. The van der Waals surface area contributed by atoms with Crippen molar-refractivity contribution in [1.82, 2.24) is 4.98 Å². The van der Waals surface area contributed by atoms with Gasteiger partial charge in [-0.15, -0.1) is 0 Å². The molecule has 220 valence electrons. The molecule has 5 aromatic rings. The van der Waals surface area contributed by atoms with Crippen molar-refractivity contribution in [3.63, 3.8) is 0 Å². The van der Waals surface area contributed by atoms with Crippen LogP contribution in [0.1, 0.15) is 49.5 Å². The minimum atomic E-state index is -2.03. The average molecular weight is 630 g/mol. The molecule has 1 atom stereocenters. The minimum Gasteiger partial charge on any atom is -0.462 e. The molecular formula is C32H21ClFN3O6S. The van der Waals surface area contributed by atoms with Crippen LogP contribution >= 0.6 is 22.9 Å². The number of ether oxygens (including phenoxy) is 1. The summed E-state index contributed by atoms with van der Waals surface area (Å²) in [5, 5.41) is 0.371. The Morgan fingerprint density at radius 1 is 1.09 bits per heavy atom. The minimum absolute atomic E-state index is 0.00947. The predicted octanol–water partition coefficient (Wildman–Crippen LogP) is 5.98. The van der Waals surface area contributed by atoms with Crippen molar-refractivity contribution in [3.05, 3.63) is 121 Å². The zero-order valence-electron chi connectivity index (χ0n) is 23.2. The zero-order chi connectivity index (χ0) is 30.9. The number of fused-ring (bicyclic) bond motifs is 5. The van der Waals surface area contributed by atoms with Gasteiger partial charge in [0.15, 0.2) is 16.1 Å². The molecule has 4 heterocycles. The van der Waals surface area contributed by atoms with E-state index in [1.54, 1.807) is 50.2 Å². The van der Waals surface area contributed by atoms with Gasteiger partial charge in [-0.2, -0.15) is 0 Å². The van der Waals surface area contributed by atoms with E-state index in [0.717, 1.165) is 16.2 Å². The number of para-hydroxylation sites is 1. The van der Waals surface area contributed by atoms with Crippen molar-refractivity contribution in [3.8, 4) is 0 Å². The lowest BCUT2D eigenvalue weighted by Crippen LogP contribution is -2.53. The number of aromatic nitrogens is 1. The Bertz CT molecular complexity index is 2110. The van der Waals surface area contributed by atoms with E-state index < -0.39 is 34.6 Å². The molecule has 0 saturated carbocycles. The van der Waals surface area contributed by atoms with E-state index in [1.807, 2.05) is 0 Å². The molecule has 2 amide bonds. The van der Waals surface area contributed by atoms with E-state index in [4.69, 9.17) is 20.8 Å². The van der Waals surface area contributed by atoms with Gasteiger partial charge in [0.25, 0.3) is 11.8 Å². The Morgan fingerprint density at radius 3 is 2.59 bits per heavy atom. The normalized spacial score (nSPS) is 17.1. The summed E-state index contributed by atoms with van der Waals surface area (Å²) in [6.07, 6.45) is 0. The maximum atomic E-state index is 15.0. The molecule has 7 rings (SSSR count). The lowest BCUT2D eigenvalue weighted by molar-refractivity contribution is -0.121. The largest absolute Gasteiger partial charge is 0.462 e. The van der Waals surface area contributed by atoms with Crippen LogP contribution in [0.2, 0.25) is 5.02 Å². The van der Waals surface area contributed by atoms with E-state index in [2.05, 4.69) is 4.98 Å². The third-order valence-corrected chi connectivity index (χ3v) is 9.14. The van der Waals surface area contributed by atoms with Crippen LogP contribution in [0.15, 0.2) is 75.9 Å². The van der Waals surface area contributed by atoms with E-state index in [0.29, 0.717) is 22.5 Å². The summed E-state index contributed by atoms with van der Waals surface area (Å²) in [4.78, 5) is 63.8. The van der Waals surface area contributed by atoms with Gasteiger partial charge >= 0.3 is 5.97 Å². The number of hydrogen-bond donors (Lipinski definition) is 0. The highest BCUT2D eigenvalue weighted by molar-refractivity contribution is 7.17. The lowest BCUT2D eigenvalue weighted by Gasteiger charge is -2.32. The van der Waals surface area contributed by atoms with Crippen molar-refractivity contribution < 1.29 is 27.9 Å². The molecule has 0 aliphatic carbocycles. The Kier molecular flexibility index (Phi) is 6.41. The number of aryl methyl sites for hydroxylation is 1. The summed E-state index contributed by atoms with van der Waals surface area (Å²) in [5.74, 6) is -2.77. The molecule has 0 radical (unpaired) electrons. The molecule has 2 aliphatic rings. The third-order valence-electron chi connectivity index (χ3n) is 7.78. The number of carbonyl (C=O) groups is 3. The number of thiazole rings is 1. The molecule has 0 bridgehead atoms. The average Bonchev–Trinajstić information content (AvgIpc) is 3.59. The van der Waals surface area contributed by atoms with Crippen LogP contribution in [0.4, 0.5) is 15.2 Å². The van der Waals surface area contributed by atoms with Crippen LogP contribution in [0.3, 0.4) is 0 Å². The van der Waals surface area contributed by atoms with Crippen LogP contribution in [0.5, 0.6) is 0 Å². The number of benzene rings is 3. The van der Waals surface area contributed by atoms with Crippen molar-refractivity contribution in [2.45, 2.75) is 25.9 Å². The van der Waals surface area contributed by atoms with Crippen molar-refractivity contribution in [2.75, 3.05) is 16.4 Å². The van der Waals surface area contributed by atoms with Gasteiger partial charge in [0.1, 0.15) is 16.3 Å². The molecule has 1 unspecified atom stereocenters. The van der Waals surface area contributed by atoms with Crippen molar-refractivity contribution >= 4 is 62.5 Å². The van der Waals surface area contributed by atoms with Gasteiger partial charge in [0.2, 0.25) is 5.76 Å². The number of carbonyl (C=O) groups excluding carboxylic acids is 3. The molecule has 12 heteroatoms. The van der Waals surface area contributed by atoms with Crippen LogP contribution in [-0.2, 0) is 21.6 Å². The van der Waals surface area contributed by atoms with E-state index in [9.17, 15) is 23.6 Å². The summed E-state index contributed by atoms with van der Waals surface area (Å²) in [7, 11) is 0. The summed E-state index contributed by atoms with van der Waals surface area (Å²) in [5.41, 5.74) is -0.998. The Labute approximate surface area is 258 Å². The second kappa shape index (κ2) is 10.1. The Balaban J connectivity index is 1.53. The molecule has 3 aromatic carbocycles. The van der Waals surface area contributed by atoms with Gasteiger partial charge in [-0.3, -0.25) is 19.3 Å². The van der Waals surface area contributed by atoms with Crippen LogP contribution in [0, 0.1) is 12.7 Å². The molecule has 1 spiro atoms. The number of anilines is 2. The highest BCUT2D eigenvalue weighted by atomic mass is 35.5. The second-order valence-electron chi connectivity index (χ2n) is 10.3. The van der Waals surface area contributed by atoms with Gasteiger partial charge < -0.3 is 14.1 Å². The highest BCUT2D eigenvalue weighted by Crippen LogP contribution is 2.55. The molecule has 9 nitrogen and oxygen atoms in total. The predicted molar refractivity (Wildman–Crippen MR) is 162 cm³/mol. The van der Waals surface area contributed by atoms with Crippen molar-refractivity contribution in [1.29, 1.82) is 0 Å². The van der Waals surface area contributed by atoms with Gasteiger partial charge in [0.05, 0.1) is 35.5 Å². The summed E-state index contributed by atoms with van der Waals surface area (Å²) >= 11 is 7.12. The summed E-state index contributed by atoms with van der Waals surface area (Å²) in [6.45, 7) is 3.41. The first kappa shape index (κ1) is 27.9. The van der Waals surface area contributed by atoms with Gasteiger partial charge in [-0.25, -0.2) is 14.2 Å². The fraction of sp³-hybridized carbons (Fsp3) is 0.156. The van der Waals surface area contributed by atoms with Crippen molar-refractivity contribution in [2.24, 2.45) is 0 Å². The molecule has 0 saturated heterocycles.